The fourth-order valence-electron chi connectivity index (χ4n) is 9.06. The average Bonchev–Trinajstić information content (AvgIpc) is 3.73. The van der Waals surface area contributed by atoms with Crippen LogP contribution in [0.25, 0.3) is 82.4 Å². The van der Waals surface area contributed by atoms with Crippen LogP contribution in [0.4, 0.5) is 0 Å². The second-order valence-corrected chi connectivity index (χ2v) is 13.9. The predicted octanol–water partition coefficient (Wildman–Crippen LogP) is 12.7. The Morgan fingerprint density at radius 3 is 1.92 bits per heavy atom. The number of nitrogens with zero attached hydrogens (tertiary/aromatic N) is 1. The first-order valence-corrected chi connectivity index (χ1v) is 17.8. The summed E-state index contributed by atoms with van der Waals surface area (Å²) in [6, 6.07) is 56.7. The van der Waals surface area contributed by atoms with Crippen molar-refractivity contribution in [3.05, 3.63) is 186 Å². The van der Waals surface area contributed by atoms with E-state index < -0.39 is 0 Å². The Morgan fingerprint density at radius 1 is 0.360 bits per heavy atom. The molecule has 1 heterocycles. The normalized spacial score (nSPS) is 13.3. The number of rotatable bonds is 3. The van der Waals surface area contributed by atoms with Crippen molar-refractivity contribution in [3.63, 3.8) is 0 Å². The second-order valence-electron chi connectivity index (χ2n) is 13.9. The Balaban J connectivity index is 1.06. The highest BCUT2D eigenvalue weighted by Gasteiger charge is 2.22. The van der Waals surface area contributed by atoms with Gasteiger partial charge in [0.05, 0.1) is 11.0 Å². The first-order valence-electron chi connectivity index (χ1n) is 17.8. The zero-order chi connectivity index (χ0) is 32.8. The molecule has 2 aliphatic carbocycles. The maximum absolute atomic E-state index is 2.46. The van der Waals surface area contributed by atoms with Crippen molar-refractivity contribution >= 4 is 43.4 Å². The third-order valence-corrected chi connectivity index (χ3v) is 11.3. The van der Waals surface area contributed by atoms with E-state index in [2.05, 4.69) is 168 Å². The van der Waals surface area contributed by atoms with Gasteiger partial charge in [0.15, 0.2) is 0 Å². The summed E-state index contributed by atoms with van der Waals surface area (Å²) in [5.74, 6) is 0. The van der Waals surface area contributed by atoms with Crippen LogP contribution in [0, 0.1) is 0 Å². The molecule has 0 aliphatic heterocycles. The molecule has 8 aromatic carbocycles. The first kappa shape index (κ1) is 27.7. The Morgan fingerprint density at radius 2 is 1.02 bits per heavy atom. The largest absolute Gasteiger partial charge is 0.309 e. The highest BCUT2D eigenvalue weighted by Crippen LogP contribution is 2.43. The number of benzene rings is 8. The van der Waals surface area contributed by atoms with Gasteiger partial charge in [0.1, 0.15) is 0 Å². The van der Waals surface area contributed by atoms with Crippen molar-refractivity contribution in [1.82, 2.24) is 4.57 Å². The van der Waals surface area contributed by atoms with Crippen LogP contribution in [-0.2, 0) is 19.3 Å². The van der Waals surface area contributed by atoms with Crippen LogP contribution in [0.2, 0.25) is 0 Å². The number of para-hydroxylation sites is 1. The molecule has 0 atom stereocenters. The highest BCUT2D eigenvalue weighted by molar-refractivity contribution is 6.13. The summed E-state index contributed by atoms with van der Waals surface area (Å²) in [4.78, 5) is 0. The molecule has 0 N–H and O–H groups in total. The van der Waals surface area contributed by atoms with Gasteiger partial charge in [-0.15, -0.1) is 0 Å². The Kier molecular flexibility index (Phi) is 5.91. The molecule has 2 aliphatic rings. The maximum atomic E-state index is 2.46. The van der Waals surface area contributed by atoms with E-state index in [1.54, 1.807) is 0 Å². The van der Waals surface area contributed by atoms with Crippen LogP contribution in [0.1, 0.15) is 22.3 Å². The minimum absolute atomic E-state index is 0.988. The van der Waals surface area contributed by atoms with E-state index in [1.807, 2.05) is 0 Å². The van der Waals surface area contributed by atoms with Crippen LogP contribution >= 0.6 is 0 Å². The monoisotopic (exact) mass is 635 g/mol. The lowest BCUT2D eigenvalue weighted by molar-refractivity contribution is 1.12. The SMILES string of the molecule is C1=CCc2c(c3ccccc3c3cc(-n4c5ccccc5c5cc(-c6cccc(-c7cccc8c7Cc7ccccc7-8)c6)ccc54)ccc23)C1. The molecule has 0 unspecified atom stereocenters. The molecule has 9 aromatic rings. The molecule has 0 spiro atoms. The zero-order valence-electron chi connectivity index (χ0n) is 27.7. The lowest BCUT2D eigenvalue weighted by Crippen LogP contribution is -2.01. The maximum Gasteiger partial charge on any atom is 0.0541 e. The first-order chi connectivity index (χ1) is 24.8. The van der Waals surface area contributed by atoms with Crippen LogP contribution in [0.3, 0.4) is 0 Å². The Bertz CT molecular complexity index is 2900. The molecular formula is C49H33N. The topological polar surface area (TPSA) is 4.93 Å². The quantitative estimate of drug-likeness (QED) is 0.134. The molecule has 1 nitrogen and oxygen atoms in total. The standard InChI is InChI=1S/C49H33N/c1-2-14-36-34(11-1)29-45-37(20-10-21-38(36)45)33-13-9-12-31(27-33)32-23-26-49-47(28-32)44-19-7-8-22-48(44)50(49)35-24-25-43-41-17-4-3-15-39(41)40-16-5-6-18-42(40)46(43)30-35/h1-14,16,18-28,30H,15,17,29H2. The fraction of sp³-hybridized carbons (Fsp3) is 0.0612. The smallest absolute Gasteiger partial charge is 0.0541 e. The molecule has 0 radical (unpaired) electrons. The van der Waals surface area contributed by atoms with Crippen molar-refractivity contribution in [1.29, 1.82) is 0 Å². The molecule has 0 amide bonds. The molecule has 234 valence electrons. The van der Waals surface area contributed by atoms with Gasteiger partial charge in [0.25, 0.3) is 0 Å². The highest BCUT2D eigenvalue weighted by atomic mass is 15.0. The van der Waals surface area contributed by atoms with E-state index >= 15 is 0 Å². The minimum Gasteiger partial charge on any atom is -0.309 e. The molecule has 50 heavy (non-hydrogen) atoms. The van der Waals surface area contributed by atoms with Gasteiger partial charge in [-0.3, -0.25) is 0 Å². The summed E-state index contributed by atoms with van der Waals surface area (Å²) in [6.07, 6.45) is 7.64. The zero-order valence-corrected chi connectivity index (χ0v) is 27.7. The van der Waals surface area contributed by atoms with Crippen molar-refractivity contribution in [2.24, 2.45) is 0 Å². The van der Waals surface area contributed by atoms with Gasteiger partial charge in [-0.25, -0.2) is 0 Å². The van der Waals surface area contributed by atoms with E-state index in [0.717, 1.165) is 19.3 Å². The number of allylic oxidation sites excluding steroid dienone is 2. The van der Waals surface area contributed by atoms with Crippen molar-refractivity contribution in [2.45, 2.75) is 19.3 Å². The van der Waals surface area contributed by atoms with Crippen molar-refractivity contribution in [2.75, 3.05) is 0 Å². The van der Waals surface area contributed by atoms with Crippen LogP contribution in [0.15, 0.2) is 164 Å². The molecule has 1 heteroatoms. The molecule has 0 bridgehead atoms. The Labute approximate surface area is 291 Å². The van der Waals surface area contributed by atoms with Crippen molar-refractivity contribution in [3.8, 4) is 39.1 Å². The van der Waals surface area contributed by atoms with E-state index in [0.29, 0.717) is 0 Å². The summed E-state index contributed by atoms with van der Waals surface area (Å²) in [7, 11) is 0. The molecule has 0 fully saturated rings. The summed E-state index contributed by atoms with van der Waals surface area (Å²) in [5.41, 5.74) is 17.3. The molecule has 11 rings (SSSR count). The van der Waals surface area contributed by atoms with Gasteiger partial charge in [-0.2, -0.15) is 0 Å². The van der Waals surface area contributed by atoms with Crippen LogP contribution < -0.4 is 0 Å². The summed E-state index contributed by atoms with van der Waals surface area (Å²) < 4.78 is 2.46. The lowest BCUT2D eigenvalue weighted by atomic mass is 9.86. The number of fused-ring (bicyclic) bond motifs is 12. The summed E-state index contributed by atoms with van der Waals surface area (Å²) in [6.45, 7) is 0. The van der Waals surface area contributed by atoms with Gasteiger partial charge in [-0.05, 0) is 133 Å². The minimum atomic E-state index is 0.988. The molecular weight excluding hydrogens is 603 g/mol. The van der Waals surface area contributed by atoms with Gasteiger partial charge < -0.3 is 4.57 Å². The van der Waals surface area contributed by atoms with Gasteiger partial charge in [0.2, 0.25) is 0 Å². The van der Waals surface area contributed by atoms with Gasteiger partial charge in [-0.1, -0.05) is 127 Å². The molecule has 0 saturated carbocycles. The average molecular weight is 636 g/mol. The Hall–Kier alpha value is -6.18. The summed E-state index contributed by atoms with van der Waals surface area (Å²) >= 11 is 0. The van der Waals surface area contributed by atoms with E-state index in [4.69, 9.17) is 0 Å². The van der Waals surface area contributed by atoms with E-state index in [9.17, 15) is 0 Å². The third-order valence-electron chi connectivity index (χ3n) is 11.3. The molecule has 1 aromatic heterocycles. The lowest BCUT2D eigenvalue weighted by Gasteiger charge is -2.19. The number of hydrogen-bond acceptors (Lipinski definition) is 0. The number of hydrogen-bond donors (Lipinski definition) is 0. The fourth-order valence-corrected chi connectivity index (χ4v) is 9.06. The third kappa shape index (κ3) is 4.01. The second kappa shape index (κ2) is 10.7. The summed E-state index contributed by atoms with van der Waals surface area (Å²) in [5, 5.41) is 7.99. The van der Waals surface area contributed by atoms with Crippen LogP contribution in [-0.4, -0.2) is 4.57 Å². The number of aromatic nitrogens is 1. The van der Waals surface area contributed by atoms with Gasteiger partial charge in [0, 0.05) is 16.5 Å². The molecule has 0 saturated heterocycles. The van der Waals surface area contributed by atoms with Crippen molar-refractivity contribution < 1.29 is 0 Å². The van der Waals surface area contributed by atoms with E-state index in [-0.39, 0.29) is 0 Å². The van der Waals surface area contributed by atoms with Crippen LogP contribution in [0.5, 0.6) is 0 Å². The predicted molar refractivity (Wildman–Crippen MR) is 211 cm³/mol. The van der Waals surface area contributed by atoms with Gasteiger partial charge >= 0.3 is 0 Å². The van der Waals surface area contributed by atoms with E-state index in [1.165, 1.54) is 105 Å².